The Morgan fingerprint density at radius 3 is 1.49 bits per heavy atom. The highest BCUT2D eigenvalue weighted by Crippen LogP contribution is 2.67. The van der Waals surface area contributed by atoms with E-state index in [4.69, 9.17) is 14.7 Å². The highest BCUT2D eigenvalue weighted by Gasteiger charge is 2.58. The zero-order chi connectivity index (χ0) is 48.6. The number of benzene rings is 10. The van der Waals surface area contributed by atoms with Crippen molar-refractivity contribution in [2.24, 2.45) is 15.9 Å². The molecule has 2 spiro atoms. The summed E-state index contributed by atoms with van der Waals surface area (Å²) in [7, 11) is 0. The second-order valence-corrected chi connectivity index (χ2v) is 21.1. The molecule has 2 atom stereocenters. The fraction of sp³-hybridized carbons (Fsp3) is 0.114. The maximum Gasteiger partial charge on any atom is 0.155 e. The maximum absolute atomic E-state index is 6.74. The summed E-state index contributed by atoms with van der Waals surface area (Å²) in [5, 5.41) is 0. The number of fused-ring (bicyclic) bond motifs is 18. The van der Waals surface area contributed by atoms with Crippen LogP contribution in [0.15, 0.2) is 247 Å². The minimum absolute atomic E-state index is 0.0349. The molecule has 15 rings (SSSR count). The van der Waals surface area contributed by atoms with Gasteiger partial charge in [0.25, 0.3) is 0 Å². The first-order valence-corrected chi connectivity index (χ1v) is 25.7. The molecule has 0 saturated heterocycles. The van der Waals surface area contributed by atoms with E-state index in [0.717, 1.165) is 50.9 Å². The first-order valence-electron chi connectivity index (χ1n) is 25.7. The van der Waals surface area contributed by atoms with E-state index in [9.17, 15) is 0 Å². The van der Waals surface area contributed by atoms with Crippen molar-refractivity contribution >= 4 is 11.5 Å². The average Bonchev–Trinajstić information content (AvgIpc) is 3.88. The van der Waals surface area contributed by atoms with Crippen LogP contribution in [0.25, 0.3) is 33.4 Å². The van der Waals surface area contributed by atoms with Gasteiger partial charge in [-0.05, 0) is 119 Å². The monoisotopic (exact) mass is 934 g/mol. The Morgan fingerprint density at radius 1 is 0.356 bits per heavy atom. The molecule has 10 aromatic rings. The van der Waals surface area contributed by atoms with Crippen molar-refractivity contribution in [3.8, 4) is 44.9 Å². The zero-order valence-corrected chi connectivity index (χ0v) is 41.0. The number of ether oxygens (including phenoxy) is 1. The number of hydrogen-bond donors (Lipinski definition) is 0. The molecule has 2 unspecified atom stereocenters. The lowest BCUT2D eigenvalue weighted by Gasteiger charge is -2.51. The summed E-state index contributed by atoms with van der Waals surface area (Å²) in [5.41, 5.74) is 23.4. The molecule has 2 heterocycles. The van der Waals surface area contributed by atoms with Crippen molar-refractivity contribution in [2.45, 2.75) is 43.1 Å². The van der Waals surface area contributed by atoms with E-state index in [1.54, 1.807) is 0 Å². The van der Waals surface area contributed by atoms with Crippen molar-refractivity contribution < 1.29 is 4.74 Å². The quantitative estimate of drug-likeness (QED) is 0.173. The standard InChI is InChI=1S/C70H50N2O/c1-43-65(44-20-5-4-6-21-44)71-67(48-36-38-51-49-24-7-9-26-53(49)68(2,3)62(51)42-48)72-66(43)47-23-19-22-45(40-47)46-37-39-55-52(41-46)50-25-8-10-27-54(50)69(55)56-28-11-13-30-58(56)70(59-31-14-12-29-57(59)69)60-32-15-17-34-63(60)73-64-35-18-16-33-61(64)70/h4-43,65H,1-3H3. The first-order chi connectivity index (χ1) is 35.9. The first kappa shape index (κ1) is 42.1. The molecule has 3 heteroatoms. The van der Waals surface area contributed by atoms with Crippen LogP contribution in [0.1, 0.15) is 99.1 Å². The molecule has 3 nitrogen and oxygen atoms in total. The van der Waals surface area contributed by atoms with Crippen LogP contribution >= 0.6 is 0 Å². The SMILES string of the molecule is CC1C(c2cccc(-c3ccc4c(c3)-c3ccccc3C43c4ccccc4C4(c5ccccc5Oc5ccccc54)c4ccccc43)c2)=NC(c2ccc3c(c2)C(C)(C)c2ccccc2-3)=NC1c1ccccc1. The molecular formula is C70H50N2O. The van der Waals surface area contributed by atoms with Crippen molar-refractivity contribution in [1.82, 2.24) is 0 Å². The van der Waals surface area contributed by atoms with Crippen LogP contribution in [-0.2, 0) is 16.2 Å². The highest BCUT2D eigenvalue weighted by atomic mass is 16.5. The van der Waals surface area contributed by atoms with Crippen LogP contribution in [-0.4, -0.2) is 11.5 Å². The molecule has 2 aliphatic heterocycles. The smallest absolute Gasteiger partial charge is 0.155 e. The Hall–Kier alpha value is -8.66. The molecule has 73 heavy (non-hydrogen) atoms. The normalized spacial score (nSPS) is 18.1. The predicted octanol–water partition coefficient (Wildman–Crippen LogP) is 16.5. The van der Waals surface area contributed by atoms with E-state index in [1.807, 2.05) is 0 Å². The van der Waals surface area contributed by atoms with Gasteiger partial charge in [-0.1, -0.05) is 227 Å². The number of para-hydroxylation sites is 2. The van der Waals surface area contributed by atoms with E-state index >= 15 is 0 Å². The Labute approximate surface area is 426 Å². The average molecular weight is 935 g/mol. The van der Waals surface area contributed by atoms with Crippen LogP contribution in [0.3, 0.4) is 0 Å². The molecule has 0 saturated carbocycles. The lowest BCUT2D eigenvalue weighted by atomic mass is 9.51. The molecule has 5 aliphatic rings. The Balaban J connectivity index is 0.883. The van der Waals surface area contributed by atoms with E-state index in [0.29, 0.717) is 0 Å². The molecule has 346 valence electrons. The number of aliphatic imine (C=N–C) groups is 2. The van der Waals surface area contributed by atoms with Crippen molar-refractivity contribution in [3.63, 3.8) is 0 Å². The molecule has 0 bridgehead atoms. The molecule has 0 radical (unpaired) electrons. The third kappa shape index (κ3) is 5.65. The summed E-state index contributed by atoms with van der Waals surface area (Å²) in [6.07, 6.45) is 0. The van der Waals surface area contributed by atoms with Gasteiger partial charge in [-0.25, -0.2) is 4.99 Å². The van der Waals surface area contributed by atoms with Crippen molar-refractivity contribution in [2.75, 3.05) is 0 Å². The van der Waals surface area contributed by atoms with Crippen LogP contribution < -0.4 is 4.74 Å². The van der Waals surface area contributed by atoms with Gasteiger partial charge in [0.15, 0.2) is 5.84 Å². The summed E-state index contributed by atoms with van der Waals surface area (Å²) >= 11 is 0. The third-order valence-electron chi connectivity index (χ3n) is 17.2. The molecular weight excluding hydrogens is 885 g/mol. The fourth-order valence-corrected chi connectivity index (χ4v) is 14.0. The number of rotatable bonds is 4. The lowest BCUT2D eigenvalue weighted by molar-refractivity contribution is 0.429. The van der Waals surface area contributed by atoms with Crippen LogP contribution in [0, 0.1) is 5.92 Å². The topological polar surface area (TPSA) is 34.0 Å². The van der Waals surface area contributed by atoms with Gasteiger partial charge in [-0.2, -0.15) is 0 Å². The highest BCUT2D eigenvalue weighted by molar-refractivity contribution is 6.15. The van der Waals surface area contributed by atoms with Crippen LogP contribution in [0.2, 0.25) is 0 Å². The molecule has 0 fully saturated rings. The summed E-state index contributed by atoms with van der Waals surface area (Å²) in [6.45, 7) is 6.97. The van der Waals surface area contributed by atoms with Crippen molar-refractivity contribution in [3.05, 3.63) is 309 Å². The lowest BCUT2D eigenvalue weighted by Crippen LogP contribution is -2.45. The van der Waals surface area contributed by atoms with Crippen LogP contribution in [0.5, 0.6) is 11.5 Å². The Morgan fingerprint density at radius 2 is 0.836 bits per heavy atom. The molecule has 0 aromatic heterocycles. The second-order valence-electron chi connectivity index (χ2n) is 21.1. The molecule has 10 aromatic carbocycles. The second kappa shape index (κ2) is 15.4. The van der Waals surface area contributed by atoms with Crippen LogP contribution in [0.4, 0.5) is 0 Å². The minimum Gasteiger partial charge on any atom is -0.457 e. The maximum atomic E-state index is 6.74. The summed E-state index contributed by atoms with van der Waals surface area (Å²) in [4.78, 5) is 11.0. The zero-order valence-electron chi connectivity index (χ0n) is 41.0. The predicted molar refractivity (Wildman–Crippen MR) is 297 cm³/mol. The van der Waals surface area contributed by atoms with E-state index in [1.165, 1.54) is 77.9 Å². The van der Waals surface area contributed by atoms with Gasteiger partial charge in [0.1, 0.15) is 11.5 Å². The summed E-state index contributed by atoms with van der Waals surface area (Å²) in [5.74, 6) is 2.61. The largest absolute Gasteiger partial charge is 0.457 e. The number of amidine groups is 1. The van der Waals surface area contributed by atoms with E-state index in [-0.39, 0.29) is 17.4 Å². The van der Waals surface area contributed by atoms with Gasteiger partial charge in [0.05, 0.1) is 22.6 Å². The molecule has 3 aliphatic carbocycles. The fourth-order valence-electron chi connectivity index (χ4n) is 14.0. The van der Waals surface area contributed by atoms with E-state index < -0.39 is 10.8 Å². The van der Waals surface area contributed by atoms with Gasteiger partial charge in [-0.15, -0.1) is 0 Å². The Kier molecular flexibility index (Phi) is 8.89. The summed E-state index contributed by atoms with van der Waals surface area (Å²) in [6, 6.07) is 87.5. The Bertz CT molecular complexity index is 3930. The van der Waals surface area contributed by atoms with Crippen molar-refractivity contribution in [1.29, 1.82) is 0 Å². The summed E-state index contributed by atoms with van der Waals surface area (Å²) < 4.78 is 6.74. The van der Waals surface area contributed by atoms with Gasteiger partial charge >= 0.3 is 0 Å². The van der Waals surface area contributed by atoms with Gasteiger partial charge in [0.2, 0.25) is 0 Å². The molecule has 0 amide bonds. The minimum atomic E-state index is -0.603. The van der Waals surface area contributed by atoms with Gasteiger partial charge < -0.3 is 4.74 Å². The van der Waals surface area contributed by atoms with Gasteiger partial charge in [0, 0.05) is 28.0 Å². The number of nitrogens with zero attached hydrogens (tertiary/aromatic N) is 2. The molecule has 0 N–H and O–H groups in total. The number of hydrogen-bond acceptors (Lipinski definition) is 3. The third-order valence-corrected chi connectivity index (χ3v) is 17.2. The van der Waals surface area contributed by atoms with E-state index in [2.05, 4.69) is 257 Å². The van der Waals surface area contributed by atoms with Gasteiger partial charge in [-0.3, -0.25) is 4.99 Å².